The number of halogens is 2. The largest absolute Gasteiger partial charge is 0.489 e. The molecule has 0 fully saturated rings. The summed E-state index contributed by atoms with van der Waals surface area (Å²) < 4.78 is 5.74. The van der Waals surface area contributed by atoms with Crippen LogP contribution in [0.15, 0.2) is 36.4 Å². The lowest BCUT2D eigenvalue weighted by molar-refractivity contribution is 0.242. The highest BCUT2D eigenvalue weighted by Gasteiger charge is 2.16. The molecule has 0 saturated heterocycles. The van der Waals surface area contributed by atoms with E-state index in [1.807, 2.05) is 38.1 Å². The van der Waals surface area contributed by atoms with Gasteiger partial charge in [-0.1, -0.05) is 55.6 Å². The first-order valence-electron chi connectivity index (χ1n) is 8.72. The molecule has 1 unspecified atom stereocenters. The highest BCUT2D eigenvalue weighted by atomic mass is 35.5. The predicted octanol–water partition coefficient (Wildman–Crippen LogP) is 7.74. The van der Waals surface area contributed by atoms with Gasteiger partial charge < -0.3 is 4.74 Å². The molecule has 2 aromatic rings. The maximum absolute atomic E-state index is 6.43. The first-order valence-corrected chi connectivity index (χ1v) is 9.47. The van der Waals surface area contributed by atoms with Gasteiger partial charge >= 0.3 is 0 Å². The zero-order valence-electron chi connectivity index (χ0n) is 14.9. The van der Waals surface area contributed by atoms with Crippen LogP contribution < -0.4 is 4.74 Å². The Morgan fingerprint density at radius 3 is 2.33 bits per heavy atom. The quantitative estimate of drug-likeness (QED) is 0.487. The van der Waals surface area contributed by atoms with Crippen molar-refractivity contribution in [3.05, 3.63) is 52.0 Å². The summed E-state index contributed by atoms with van der Waals surface area (Å²) in [7, 11) is 0. The van der Waals surface area contributed by atoms with E-state index < -0.39 is 0 Å². The lowest BCUT2D eigenvalue weighted by Gasteiger charge is -2.20. The van der Waals surface area contributed by atoms with Gasteiger partial charge in [-0.2, -0.15) is 0 Å². The van der Waals surface area contributed by atoms with Crippen LogP contribution in [0.4, 0.5) is 0 Å². The van der Waals surface area contributed by atoms with Gasteiger partial charge in [0.25, 0.3) is 0 Å². The van der Waals surface area contributed by atoms with Crippen molar-refractivity contribution in [2.45, 2.75) is 59.0 Å². The maximum atomic E-state index is 6.43. The van der Waals surface area contributed by atoms with Crippen LogP contribution in [0.1, 0.15) is 58.4 Å². The van der Waals surface area contributed by atoms with Crippen molar-refractivity contribution in [3.63, 3.8) is 0 Å². The van der Waals surface area contributed by atoms with E-state index in [2.05, 4.69) is 26.0 Å². The third-order valence-corrected chi connectivity index (χ3v) is 4.72. The van der Waals surface area contributed by atoms with Gasteiger partial charge in [0.15, 0.2) is 0 Å². The number of hydrogen-bond acceptors (Lipinski definition) is 1. The summed E-state index contributed by atoms with van der Waals surface area (Å²) in [6, 6.07) is 12.2. The van der Waals surface area contributed by atoms with Crippen LogP contribution in [0.25, 0.3) is 11.1 Å². The van der Waals surface area contributed by atoms with E-state index in [4.69, 9.17) is 27.9 Å². The molecule has 0 aliphatic carbocycles. The minimum absolute atomic E-state index is 0.101. The van der Waals surface area contributed by atoms with Crippen LogP contribution >= 0.6 is 23.2 Å². The summed E-state index contributed by atoms with van der Waals surface area (Å²) in [6.45, 7) is 8.46. The predicted molar refractivity (Wildman–Crippen MR) is 106 cm³/mol. The van der Waals surface area contributed by atoms with E-state index in [0.717, 1.165) is 22.8 Å². The van der Waals surface area contributed by atoms with Crippen LogP contribution in [0.5, 0.6) is 5.75 Å². The van der Waals surface area contributed by atoms with Crippen LogP contribution in [0.2, 0.25) is 10.0 Å². The fraction of sp³-hybridized carbons (Fsp3) is 0.429. The molecule has 0 aromatic heterocycles. The molecule has 2 rings (SSSR count). The third-order valence-electron chi connectivity index (χ3n) is 4.19. The summed E-state index contributed by atoms with van der Waals surface area (Å²) in [5, 5.41) is 1.38. The summed E-state index contributed by atoms with van der Waals surface area (Å²) in [5.74, 6) is 1.26. The molecule has 2 aromatic carbocycles. The molecule has 130 valence electrons. The van der Waals surface area contributed by atoms with E-state index in [0.29, 0.717) is 10.9 Å². The Morgan fingerprint density at radius 2 is 1.75 bits per heavy atom. The van der Waals surface area contributed by atoms with Gasteiger partial charge in [0.2, 0.25) is 0 Å². The summed E-state index contributed by atoms with van der Waals surface area (Å²) in [4.78, 5) is 0. The zero-order chi connectivity index (χ0) is 17.7. The third kappa shape index (κ3) is 4.68. The number of hydrogen-bond donors (Lipinski definition) is 0. The van der Waals surface area contributed by atoms with Crippen LogP contribution in [-0.2, 0) is 0 Å². The lowest BCUT2D eigenvalue weighted by atomic mass is 9.86. The average molecular weight is 365 g/mol. The van der Waals surface area contributed by atoms with E-state index >= 15 is 0 Å². The Kier molecular flexibility index (Phi) is 7.01. The van der Waals surface area contributed by atoms with Gasteiger partial charge in [-0.3, -0.25) is 0 Å². The van der Waals surface area contributed by atoms with E-state index in [-0.39, 0.29) is 6.10 Å². The van der Waals surface area contributed by atoms with Gasteiger partial charge in [0.1, 0.15) is 5.75 Å². The molecule has 0 radical (unpaired) electrons. The fourth-order valence-electron chi connectivity index (χ4n) is 3.08. The van der Waals surface area contributed by atoms with Crippen LogP contribution in [0.3, 0.4) is 0 Å². The van der Waals surface area contributed by atoms with Crippen LogP contribution in [-0.4, -0.2) is 6.10 Å². The van der Waals surface area contributed by atoms with E-state index in [9.17, 15) is 0 Å². The van der Waals surface area contributed by atoms with Gasteiger partial charge in [0.05, 0.1) is 11.1 Å². The molecule has 0 aliphatic rings. The molecule has 0 saturated carbocycles. The molecular weight excluding hydrogens is 339 g/mol. The first kappa shape index (κ1) is 19.1. The van der Waals surface area contributed by atoms with Crippen molar-refractivity contribution in [2.75, 3.05) is 0 Å². The number of ether oxygens (including phenoxy) is 1. The summed E-state index contributed by atoms with van der Waals surface area (Å²) in [5.41, 5.74) is 3.60. The molecule has 0 N–H and O–H groups in total. The number of rotatable bonds is 7. The molecule has 0 amide bonds. The molecule has 0 aliphatic heterocycles. The maximum Gasteiger partial charge on any atom is 0.138 e. The van der Waals surface area contributed by atoms with E-state index in [1.165, 1.54) is 24.0 Å². The summed E-state index contributed by atoms with van der Waals surface area (Å²) in [6.07, 6.45) is 3.56. The van der Waals surface area contributed by atoms with Gasteiger partial charge in [-0.25, -0.2) is 0 Å². The minimum atomic E-state index is 0.101. The normalized spacial score (nSPS) is 12.5. The molecule has 1 nitrogen and oxygen atoms in total. The zero-order valence-corrected chi connectivity index (χ0v) is 16.4. The Balaban J connectivity index is 2.47. The Hall–Kier alpha value is -1.18. The molecule has 0 bridgehead atoms. The molecular formula is C21H26Cl2O. The Labute approximate surface area is 155 Å². The molecule has 0 heterocycles. The lowest BCUT2D eigenvalue weighted by Crippen LogP contribution is -2.06. The molecule has 0 spiro atoms. The van der Waals surface area contributed by atoms with E-state index in [1.54, 1.807) is 0 Å². The topological polar surface area (TPSA) is 9.23 Å². The van der Waals surface area contributed by atoms with Crippen molar-refractivity contribution in [3.8, 4) is 16.9 Å². The van der Waals surface area contributed by atoms with Gasteiger partial charge in [-0.05, 0) is 73.6 Å². The first-order chi connectivity index (χ1) is 11.5. The minimum Gasteiger partial charge on any atom is -0.489 e. The molecule has 24 heavy (non-hydrogen) atoms. The van der Waals surface area contributed by atoms with Crippen molar-refractivity contribution < 1.29 is 4.74 Å². The second-order valence-corrected chi connectivity index (χ2v) is 7.28. The molecule has 3 heteroatoms. The highest BCUT2D eigenvalue weighted by Crippen LogP contribution is 2.38. The van der Waals surface area contributed by atoms with Gasteiger partial charge in [-0.15, -0.1) is 0 Å². The second kappa shape index (κ2) is 8.78. The Morgan fingerprint density at radius 1 is 1.00 bits per heavy atom. The smallest absolute Gasteiger partial charge is 0.138 e. The van der Waals surface area contributed by atoms with Crippen molar-refractivity contribution in [2.24, 2.45) is 0 Å². The number of benzene rings is 2. The van der Waals surface area contributed by atoms with Gasteiger partial charge in [0, 0.05) is 5.02 Å². The van der Waals surface area contributed by atoms with Crippen molar-refractivity contribution >= 4 is 23.2 Å². The second-order valence-electron chi connectivity index (χ2n) is 6.44. The van der Waals surface area contributed by atoms with Crippen molar-refractivity contribution in [1.29, 1.82) is 0 Å². The standard InChI is InChI=1S/C21H26Cl2O/c1-5-7-15(6-2)18-10-9-17(22)13-19(18)16-8-11-21(20(23)12-16)24-14(3)4/h8-15H,5-7H2,1-4H3. The molecule has 1 atom stereocenters. The van der Waals surface area contributed by atoms with Crippen LogP contribution in [0, 0.1) is 0 Å². The Bertz CT molecular complexity index is 680. The highest BCUT2D eigenvalue weighted by molar-refractivity contribution is 6.32. The SMILES string of the molecule is CCCC(CC)c1ccc(Cl)cc1-c1ccc(OC(C)C)c(Cl)c1. The van der Waals surface area contributed by atoms with Crippen molar-refractivity contribution in [1.82, 2.24) is 0 Å². The average Bonchev–Trinajstić information content (AvgIpc) is 2.54. The summed E-state index contributed by atoms with van der Waals surface area (Å²) >= 11 is 12.7. The fourth-order valence-corrected chi connectivity index (χ4v) is 3.48. The monoisotopic (exact) mass is 364 g/mol.